The van der Waals surface area contributed by atoms with Crippen molar-refractivity contribution in [2.24, 2.45) is 0 Å². The zero-order valence-electron chi connectivity index (χ0n) is 15.9. The summed E-state index contributed by atoms with van der Waals surface area (Å²) in [6, 6.07) is 13.4. The maximum absolute atomic E-state index is 12.7. The largest absolute Gasteiger partial charge is 0.494 e. The van der Waals surface area contributed by atoms with E-state index in [2.05, 4.69) is 15.3 Å². The molecule has 0 saturated heterocycles. The number of benzene rings is 2. The molecule has 0 atom stereocenters. The molecule has 0 unspecified atom stereocenters. The lowest BCUT2D eigenvalue weighted by atomic mass is 10.1. The van der Waals surface area contributed by atoms with Crippen LogP contribution in [0.3, 0.4) is 0 Å². The Morgan fingerprint density at radius 3 is 2.68 bits per heavy atom. The van der Waals surface area contributed by atoms with E-state index in [0.29, 0.717) is 17.1 Å². The number of amides is 1. The van der Waals surface area contributed by atoms with Gasteiger partial charge < -0.3 is 10.1 Å². The monoisotopic (exact) mass is 372 g/mol. The Labute approximate surface area is 162 Å². The van der Waals surface area contributed by atoms with Gasteiger partial charge in [0.25, 0.3) is 5.91 Å². The minimum atomic E-state index is -0.125. The summed E-state index contributed by atoms with van der Waals surface area (Å²) in [6.45, 7) is 3.89. The van der Waals surface area contributed by atoms with Crippen LogP contribution in [0.15, 0.2) is 61.1 Å². The second kappa shape index (κ2) is 7.15. The molecule has 0 saturated carbocycles. The maximum Gasteiger partial charge on any atom is 0.255 e. The number of hydrogen-bond donors (Lipinski definition) is 1. The predicted octanol–water partition coefficient (Wildman–Crippen LogP) is 4.27. The molecule has 6 heteroatoms. The summed E-state index contributed by atoms with van der Waals surface area (Å²) in [5.41, 5.74) is 5.01. The molecular formula is C22H20N4O2. The highest BCUT2D eigenvalue weighted by molar-refractivity contribution is 6.05. The van der Waals surface area contributed by atoms with Crippen molar-refractivity contribution in [2.75, 3.05) is 12.4 Å². The Morgan fingerprint density at radius 2 is 1.89 bits per heavy atom. The molecule has 1 amide bonds. The van der Waals surface area contributed by atoms with Crippen molar-refractivity contribution < 1.29 is 9.53 Å². The van der Waals surface area contributed by atoms with Crippen molar-refractivity contribution in [2.45, 2.75) is 13.8 Å². The number of aromatic nitrogens is 3. The minimum absolute atomic E-state index is 0.125. The summed E-state index contributed by atoms with van der Waals surface area (Å²) in [5.74, 6) is 1.12. The average Bonchev–Trinajstić information content (AvgIpc) is 3.13. The highest BCUT2D eigenvalue weighted by atomic mass is 16.5. The van der Waals surface area contributed by atoms with E-state index in [1.54, 1.807) is 13.3 Å². The average molecular weight is 372 g/mol. The van der Waals surface area contributed by atoms with Crippen LogP contribution in [0, 0.1) is 13.8 Å². The highest BCUT2D eigenvalue weighted by Crippen LogP contribution is 2.26. The third kappa shape index (κ3) is 3.32. The van der Waals surface area contributed by atoms with Crippen LogP contribution in [-0.2, 0) is 0 Å². The third-order valence-corrected chi connectivity index (χ3v) is 4.69. The molecule has 2 aromatic carbocycles. The van der Waals surface area contributed by atoms with Crippen molar-refractivity contribution in [3.63, 3.8) is 0 Å². The summed E-state index contributed by atoms with van der Waals surface area (Å²) < 4.78 is 7.03. The lowest BCUT2D eigenvalue weighted by Gasteiger charge is -2.11. The van der Waals surface area contributed by atoms with Gasteiger partial charge in [0.15, 0.2) is 5.75 Å². The van der Waals surface area contributed by atoms with E-state index >= 15 is 0 Å². The molecular weight excluding hydrogens is 352 g/mol. The van der Waals surface area contributed by atoms with E-state index in [0.717, 1.165) is 28.1 Å². The smallest absolute Gasteiger partial charge is 0.255 e. The van der Waals surface area contributed by atoms with E-state index in [1.165, 1.54) is 0 Å². The first-order valence-electron chi connectivity index (χ1n) is 8.92. The Kier molecular flexibility index (Phi) is 4.53. The molecule has 4 aromatic rings. The number of fused-ring (bicyclic) bond motifs is 1. The summed E-state index contributed by atoms with van der Waals surface area (Å²) >= 11 is 0. The molecule has 0 fully saturated rings. The first-order chi connectivity index (χ1) is 13.5. The Balaban J connectivity index is 1.67. The molecule has 0 radical (unpaired) electrons. The molecule has 28 heavy (non-hydrogen) atoms. The van der Waals surface area contributed by atoms with Crippen LogP contribution in [0.25, 0.3) is 17.0 Å². The highest BCUT2D eigenvalue weighted by Gasteiger charge is 2.12. The summed E-state index contributed by atoms with van der Waals surface area (Å²) in [6.07, 6.45) is 5.35. The summed E-state index contributed by atoms with van der Waals surface area (Å²) in [5, 5.41) is 3.02. The predicted molar refractivity (Wildman–Crippen MR) is 109 cm³/mol. The van der Waals surface area contributed by atoms with E-state index < -0.39 is 0 Å². The van der Waals surface area contributed by atoms with Gasteiger partial charge in [-0.25, -0.2) is 9.97 Å². The number of aryl methyl sites for hydroxylation is 2. The Morgan fingerprint density at radius 1 is 1.07 bits per heavy atom. The van der Waals surface area contributed by atoms with E-state index in [9.17, 15) is 4.79 Å². The van der Waals surface area contributed by atoms with Gasteiger partial charge in [-0.2, -0.15) is 0 Å². The van der Waals surface area contributed by atoms with Gasteiger partial charge in [-0.05, 0) is 37.1 Å². The molecule has 0 aliphatic rings. The minimum Gasteiger partial charge on any atom is -0.494 e. The molecule has 1 N–H and O–H groups in total. The first kappa shape index (κ1) is 17.7. The zero-order valence-corrected chi connectivity index (χ0v) is 15.9. The normalized spacial score (nSPS) is 10.8. The number of nitrogens with zero attached hydrogens (tertiary/aromatic N) is 3. The molecule has 4 rings (SSSR count). The molecule has 2 heterocycles. The van der Waals surface area contributed by atoms with Crippen molar-refractivity contribution >= 4 is 17.4 Å². The van der Waals surface area contributed by atoms with E-state index in [1.807, 2.05) is 73.1 Å². The fourth-order valence-electron chi connectivity index (χ4n) is 3.04. The van der Waals surface area contributed by atoms with Crippen LogP contribution < -0.4 is 10.1 Å². The van der Waals surface area contributed by atoms with Crippen LogP contribution in [-0.4, -0.2) is 27.4 Å². The molecule has 140 valence electrons. The second-order valence-corrected chi connectivity index (χ2v) is 6.63. The van der Waals surface area contributed by atoms with Gasteiger partial charge >= 0.3 is 0 Å². The van der Waals surface area contributed by atoms with Crippen LogP contribution in [0.4, 0.5) is 5.69 Å². The van der Waals surface area contributed by atoms with Crippen molar-refractivity contribution in [3.8, 4) is 17.0 Å². The summed E-state index contributed by atoms with van der Waals surface area (Å²) in [7, 11) is 1.60. The van der Waals surface area contributed by atoms with Gasteiger partial charge in [0.1, 0.15) is 0 Å². The fraction of sp³-hybridized carbons (Fsp3) is 0.136. The number of methoxy groups -OCH3 is 1. The SMILES string of the molecule is COc1cnc2nc(-c3ccc(C)c(NC(=O)c4ccccc4C)c3)cn2c1. The van der Waals surface area contributed by atoms with Crippen molar-refractivity contribution in [1.82, 2.24) is 14.4 Å². The van der Waals surface area contributed by atoms with Gasteiger partial charge in [0, 0.05) is 23.0 Å². The Bertz CT molecular complexity index is 1180. The van der Waals surface area contributed by atoms with Crippen LogP contribution in [0.1, 0.15) is 21.5 Å². The van der Waals surface area contributed by atoms with Crippen LogP contribution in [0.2, 0.25) is 0 Å². The van der Waals surface area contributed by atoms with Gasteiger partial charge in [-0.1, -0.05) is 30.3 Å². The number of carbonyl (C=O) groups excluding carboxylic acids is 1. The van der Waals surface area contributed by atoms with Crippen LogP contribution >= 0.6 is 0 Å². The zero-order chi connectivity index (χ0) is 19.7. The number of nitrogens with one attached hydrogen (secondary N) is 1. The fourth-order valence-corrected chi connectivity index (χ4v) is 3.04. The number of ether oxygens (including phenoxy) is 1. The van der Waals surface area contributed by atoms with Gasteiger partial charge in [0.2, 0.25) is 5.78 Å². The number of rotatable bonds is 4. The molecule has 0 aliphatic heterocycles. The topological polar surface area (TPSA) is 68.5 Å². The lowest BCUT2D eigenvalue weighted by Crippen LogP contribution is -2.14. The lowest BCUT2D eigenvalue weighted by molar-refractivity contribution is 0.102. The number of carbonyl (C=O) groups is 1. The Hall–Kier alpha value is -3.67. The van der Waals surface area contributed by atoms with Crippen molar-refractivity contribution in [1.29, 1.82) is 0 Å². The molecule has 0 aliphatic carbocycles. The molecule has 0 spiro atoms. The maximum atomic E-state index is 12.7. The quantitative estimate of drug-likeness (QED) is 0.581. The molecule has 2 aromatic heterocycles. The number of hydrogen-bond acceptors (Lipinski definition) is 4. The molecule has 0 bridgehead atoms. The molecule has 6 nitrogen and oxygen atoms in total. The number of imidazole rings is 1. The first-order valence-corrected chi connectivity index (χ1v) is 8.92. The van der Waals surface area contributed by atoms with Crippen molar-refractivity contribution in [3.05, 3.63) is 77.7 Å². The standard InChI is InChI=1S/C22H20N4O2/c1-14-6-4-5-7-18(14)21(27)24-19-10-16(9-8-15(19)2)20-13-26-12-17(28-3)11-23-22(26)25-20/h4-13H,1-3H3,(H,24,27). The summed E-state index contributed by atoms with van der Waals surface area (Å²) in [4.78, 5) is 21.5. The van der Waals surface area contributed by atoms with Crippen LogP contribution in [0.5, 0.6) is 5.75 Å². The van der Waals surface area contributed by atoms with Gasteiger partial charge in [-0.3, -0.25) is 9.20 Å². The third-order valence-electron chi connectivity index (χ3n) is 4.69. The number of anilines is 1. The van der Waals surface area contributed by atoms with E-state index in [-0.39, 0.29) is 5.91 Å². The van der Waals surface area contributed by atoms with Gasteiger partial charge in [-0.15, -0.1) is 0 Å². The van der Waals surface area contributed by atoms with Gasteiger partial charge in [0.05, 0.1) is 25.2 Å². The van der Waals surface area contributed by atoms with E-state index in [4.69, 9.17) is 4.74 Å². The second-order valence-electron chi connectivity index (χ2n) is 6.63.